The molecule has 0 saturated heterocycles. The van der Waals surface area contributed by atoms with Gasteiger partial charge in [-0.1, -0.05) is 23.8 Å². The molecule has 0 aliphatic rings. The van der Waals surface area contributed by atoms with E-state index in [0.29, 0.717) is 5.58 Å². The quantitative estimate of drug-likeness (QED) is 0.458. The van der Waals surface area contributed by atoms with E-state index in [1.54, 1.807) is 0 Å². The molecular formula is C20H16O3. The summed E-state index contributed by atoms with van der Waals surface area (Å²) >= 11 is 0. The van der Waals surface area contributed by atoms with E-state index in [2.05, 4.69) is 13.0 Å². The van der Waals surface area contributed by atoms with Crippen LogP contribution in [0.1, 0.15) is 16.7 Å². The lowest BCUT2D eigenvalue weighted by Crippen LogP contribution is -1.98. The van der Waals surface area contributed by atoms with Crippen molar-refractivity contribution in [2.24, 2.45) is 0 Å². The van der Waals surface area contributed by atoms with Crippen LogP contribution in [0.4, 0.5) is 0 Å². The normalized spacial score (nSPS) is 11.4. The molecule has 3 nitrogen and oxygen atoms in total. The fraction of sp³-hybridized carbons (Fsp3) is 0.150. The van der Waals surface area contributed by atoms with E-state index in [-0.39, 0.29) is 5.63 Å². The Morgan fingerprint density at radius 3 is 2.30 bits per heavy atom. The summed E-state index contributed by atoms with van der Waals surface area (Å²) in [6, 6.07) is 13.5. The second-order valence-corrected chi connectivity index (χ2v) is 6.03. The van der Waals surface area contributed by atoms with Crippen molar-refractivity contribution in [2.45, 2.75) is 20.8 Å². The van der Waals surface area contributed by atoms with Crippen LogP contribution < -0.4 is 5.63 Å². The summed E-state index contributed by atoms with van der Waals surface area (Å²) in [7, 11) is 0. The number of hydrogen-bond donors (Lipinski definition) is 0. The van der Waals surface area contributed by atoms with Gasteiger partial charge >= 0.3 is 5.63 Å². The van der Waals surface area contributed by atoms with Gasteiger partial charge in [0.1, 0.15) is 16.9 Å². The van der Waals surface area contributed by atoms with Gasteiger partial charge in [0, 0.05) is 28.0 Å². The third-order valence-corrected chi connectivity index (χ3v) is 4.24. The molecule has 2 aromatic carbocycles. The first kappa shape index (κ1) is 13.8. The maximum absolute atomic E-state index is 12.0. The summed E-state index contributed by atoms with van der Waals surface area (Å²) in [5.41, 5.74) is 5.10. The number of hydrogen-bond acceptors (Lipinski definition) is 3. The van der Waals surface area contributed by atoms with E-state index in [1.165, 1.54) is 11.6 Å². The molecule has 0 aliphatic carbocycles. The third kappa shape index (κ3) is 2.16. The van der Waals surface area contributed by atoms with Crippen LogP contribution >= 0.6 is 0 Å². The molecule has 2 aromatic heterocycles. The Kier molecular flexibility index (Phi) is 2.91. The minimum atomic E-state index is -0.367. The van der Waals surface area contributed by atoms with Gasteiger partial charge in [-0.05, 0) is 44.5 Å². The van der Waals surface area contributed by atoms with E-state index < -0.39 is 0 Å². The zero-order valence-corrected chi connectivity index (χ0v) is 13.3. The molecule has 23 heavy (non-hydrogen) atoms. The van der Waals surface area contributed by atoms with Gasteiger partial charge in [-0.25, -0.2) is 4.79 Å². The van der Waals surface area contributed by atoms with E-state index in [1.807, 2.05) is 44.2 Å². The van der Waals surface area contributed by atoms with E-state index in [9.17, 15) is 4.79 Å². The molecule has 0 aliphatic heterocycles. The molecule has 0 radical (unpaired) electrons. The zero-order chi connectivity index (χ0) is 16.1. The first-order valence-electron chi connectivity index (χ1n) is 7.57. The summed E-state index contributed by atoms with van der Waals surface area (Å²) in [5, 5.41) is 1.96. The van der Waals surface area contributed by atoms with Crippen molar-refractivity contribution in [3.05, 3.63) is 69.6 Å². The fourth-order valence-corrected chi connectivity index (χ4v) is 3.05. The van der Waals surface area contributed by atoms with Crippen LogP contribution in [-0.4, -0.2) is 0 Å². The Balaban J connectivity index is 2.10. The average molecular weight is 304 g/mol. The summed E-state index contributed by atoms with van der Waals surface area (Å²) in [5.74, 6) is 0.729. The molecular weight excluding hydrogens is 288 g/mol. The number of aryl methyl sites for hydroxylation is 3. The molecule has 0 fully saturated rings. The fourth-order valence-electron chi connectivity index (χ4n) is 3.05. The van der Waals surface area contributed by atoms with Gasteiger partial charge in [-0.15, -0.1) is 0 Å². The minimum Gasteiger partial charge on any atom is -0.456 e. The molecule has 4 rings (SSSR count). The highest BCUT2D eigenvalue weighted by atomic mass is 16.4. The molecule has 0 spiro atoms. The van der Waals surface area contributed by atoms with Crippen molar-refractivity contribution in [3.63, 3.8) is 0 Å². The van der Waals surface area contributed by atoms with Crippen molar-refractivity contribution in [1.82, 2.24) is 0 Å². The lowest BCUT2D eigenvalue weighted by Gasteiger charge is -2.04. The molecule has 0 bridgehead atoms. The zero-order valence-electron chi connectivity index (χ0n) is 13.3. The first-order chi connectivity index (χ1) is 11.0. The summed E-state index contributed by atoms with van der Waals surface area (Å²) in [6.07, 6.45) is 0. The van der Waals surface area contributed by atoms with Crippen molar-refractivity contribution in [2.75, 3.05) is 0 Å². The Morgan fingerprint density at radius 1 is 0.739 bits per heavy atom. The van der Waals surface area contributed by atoms with Gasteiger partial charge in [-0.3, -0.25) is 0 Å². The second-order valence-electron chi connectivity index (χ2n) is 6.03. The first-order valence-corrected chi connectivity index (χ1v) is 7.57. The molecule has 0 N–H and O–H groups in total. The molecule has 114 valence electrons. The van der Waals surface area contributed by atoms with E-state index in [4.69, 9.17) is 8.83 Å². The van der Waals surface area contributed by atoms with Crippen LogP contribution in [0.15, 0.2) is 56.1 Å². The Bertz CT molecular complexity index is 1110. The van der Waals surface area contributed by atoms with Gasteiger partial charge in [0.05, 0.1) is 0 Å². The maximum atomic E-state index is 12.0. The van der Waals surface area contributed by atoms with Crippen molar-refractivity contribution in [1.29, 1.82) is 0 Å². The monoisotopic (exact) mass is 304 g/mol. The molecule has 0 atom stereocenters. The van der Waals surface area contributed by atoms with E-state index in [0.717, 1.165) is 38.8 Å². The standard InChI is InChI=1S/C20H16O3/c1-11-5-7-17-15(8-11)13(3)20(23-17)16-10-19(21)22-18-9-12(2)4-6-14(16)18/h4-10H,1-3H3. The highest BCUT2D eigenvalue weighted by Crippen LogP contribution is 2.36. The summed E-state index contributed by atoms with van der Waals surface area (Å²) in [4.78, 5) is 12.0. The molecule has 4 aromatic rings. The molecule has 3 heteroatoms. The highest BCUT2D eigenvalue weighted by molar-refractivity contribution is 5.97. The molecule has 0 saturated carbocycles. The van der Waals surface area contributed by atoms with Gasteiger partial charge in [0.25, 0.3) is 0 Å². The smallest absolute Gasteiger partial charge is 0.336 e. The van der Waals surface area contributed by atoms with Crippen molar-refractivity contribution < 1.29 is 8.83 Å². The lowest BCUT2D eigenvalue weighted by atomic mass is 10.0. The van der Waals surface area contributed by atoms with Gasteiger partial charge in [-0.2, -0.15) is 0 Å². The topological polar surface area (TPSA) is 43.4 Å². The number of furan rings is 1. The van der Waals surface area contributed by atoms with Gasteiger partial charge < -0.3 is 8.83 Å². The molecule has 0 amide bonds. The predicted octanol–water partition coefficient (Wildman–Crippen LogP) is 5.13. The van der Waals surface area contributed by atoms with Crippen LogP contribution in [0.2, 0.25) is 0 Å². The van der Waals surface area contributed by atoms with Crippen LogP contribution in [0, 0.1) is 20.8 Å². The third-order valence-electron chi connectivity index (χ3n) is 4.24. The molecule has 0 unspecified atom stereocenters. The second kappa shape index (κ2) is 4.85. The van der Waals surface area contributed by atoms with Crippen LogP contribution in [0.5, 0.6) is 0 Å². The van der Waals surface area contributed by atoms with Crippen LogP contribution in [-0.2, 0) is 0 Å². The van der Waals surface area contributed by atoms with Gasteiger partial charge in [0.2, 0.25) is 0 Å². The van der Waals surface area contributed by atoms with Gasteiger partial charge in [0.15, 0.2) is 0 Å². The SMILES string of the molecule is Cc1ccc2c(-c3oc4ccc(C)cc4c3C)cc(=O)oc2c1. The van der Waals surface area contributed by atoms with Crippen LogP contribution in [0.3, 0.4) is 0 Å². The van der Waals surface area contributed by atoms with E-state index >= 15 is 0 Å². The highest BCUT2D eigenvalue weighted by Gasteiger charge is 2.16. The van der Waals surface area contributed by atoms with Crippen LogP contribution in [0.25, 0.3) is 33.3 Å². The predicted molar refractivity (Wildman–Crippen MR) is 91.9 cm³/mol. The average Bonchev–Trinajstić information content (AvgIpc) is 2.83. The number of benzene rings is 2. The largest absolute Gasteiger partial charge is 0.456 e. The number of fused-ring (bicyclic) bond motifs is 2. The van der Waals surface area contributed by atoms with Crippen molar-refractivity contribution in [3.8, 4) is 11.3 Å². The Labute approximate surface area is 133 Å². The number of rotatable bonds is 1. The maximum Gasteiger partial charge on any atom is 0.336 e. The molecule has 2 heterocycles. The Morgan fingerprint density at radius 2 is 1.48 bits per heavy atom. The minimum absolute atomic E-state index is 0.367. The summed E-state index contributed by atoms with van der Waals surface area (Å²) < 4.78 is 11.4. The Hall–Kier alpha value is -2.81. The lowest BCUT2D eigenvalue weighted by molar-refractivity contribution is 0.559. The summed E-state index contributed by atoms with van der Waals surface area (Å²) in [6.45, 7) is 6.05. The van der Waals surface area contributed by atoms with Crippen molar-refractivity contribution >= 4 is 21.9 Å².